The maximum atomic E-state index is 11.9. The lowest BCUT2D eigenvalue weighted by molar-refractivity contribution is -0.127. The molecule has 0 saturated heterocycles. The Labute approximate surface area is 130 Å². The SMILES string of the molecule is CCc1ccc(OC(C)C(=O)NN=Cc2cccnc2)cc1. The molecule has 5 nitrogen and oxygen atoms in total. The maximum Gasteiger partial charge on any atom is 0.280 e. The summed E-state index contributed by atoms with van der Waals surface area (Å²) >= 11 is 0. The van der Waals surface area contributed by atoms with Crippen LogP contribution in [0.25, 0.3) is 0 Å². The summed E-state index contributed by atoms with van der Waals surface area (Å²) in [6, 6.07) is 11.3. The number of hydrogen-bond acceptors (Lipinski definition) is 4. The van der Waals surface area contributed by atoms with Gasteiger partial charge in [0.05, 0.1) is 6.21 Å². The van der Waals surface area contributed by atoms with Crippen LogP contribution in [-0.2, 0) is 11.2 Å². The summed E-state index contributed by atoms with van der Waals surface area (Å²) < 4.78 is 5.58. The molecular weight excluding hydrogens is 278 g/mol. The maximum absolute atomic E-state index is 11.9. The van der Waals surface area contributed by atoms with Gasteiger partial charge in [-0.1, -0.05) is 25.1 Å². The summed E-state index contributed by atoms with van der Waals surface area (Å²) in [5, 5.41) is 3.89. The van der Waals surface area contributed by atoms with Crippen molar-refractivity contribution < 1.29 is 9.53 Å². The normalized spacial score (nSPS) is 12.1. The molecule has 1 unspecified atom stereocenters. The first-order valence-electron chi connectivity index (χ1n) is 7.17. The highest BCUT2D eigenvalue weighted by molar-refractivity contribution is 5.84. The molecule has 0 aliphatic rings. The van der Waals surface area contributed by atoms with Gasteiger partial charge in [-0.2, -0.15) is 5.10 Å². The lowest BCUT2D eigenvalue weighted by Crippen LogP contribution is -2.33. The smallest absolute Gasteiger partial charge is 0.280 e. The van der Waals surface area contributed by atoms with Crippen molar-refractivity contribution in [3.05, 3.63) is 59.9 Å². The monoisotopic (exact) mass is 297 g/mol. The second kappa shape index (κ2) is 7.93. The molecule has 5 heteroatoms. The van der Waals surface area contributed by atoms with Gasteiger partial charge in [0.1, 0.15) is 5.75 Å². The number of pyridine rings is 1. The number of aromatic nitrogens is 1. The highest BCUT2D eigenvalue weighted by Crippen LogP contribution is 2.14. The predicted octanol–water partition coefficient (Wildman–Crippen LogP) is 2.56. The molecule has 2 aromatic rings. The molecule has 0 radical (unpaired) electrons. The fourth-order valence-corrected chi connectivity index (χ4v) is 1.78. The average Bonchev–Trinajstić information content (AvgIpc) is 2.56. The third kappa shape index (κ3) is 4.70. The minimum absolute atomic E-state index is 0.306. The van der Waals surface area contributed by atoms with Crippen LogP contribution in [0.5, 0.6) is 5.75 Å². The number of ether oxygens (including phenoxy) is 1. The number of amides is 1. The Hall–Kier alpha value is -2.69. The topological polar surface area (TPSA) is 63.6 Å². The third-order valence-electron chi connectivity index (χ3n) is 3.09. The fraction of sp³-hybridized carbons (Fsp3) is 0.235. The van der Waals surface area contributed by atoms with Gasteiger partial charge >= 0.3 is 0 Å². The Kier molecular flexibility index (Phi) is 5.65. The lowest BCUT2D eigenvalue weighted by Gasteiger charge is -2.13. The van der Waals surface area contributed by atoms with E-state index >= 15 is 0 Å². The van der Waals surface area contributed by atoms with Crippen molar-refractivity contribution in [3.63, 3.8) is 0 Å². The number of carbonyl (C=O) groups excluding carboxylic acids is 1. The number of nitrogens with zero attached hydrogens (tertiary/aromatic N) is 2. The van der Waals surface area contributed by atoms with Crippen molar-refractivity contribution in [1.29, 1.82) is 0 Å². The van der Waals surface area contributed by atoms with E-state index in [1.165, 1.54) is 11.8 Å². The Morgan fingerprint density at radius 1 is 1.36 bits per heavy atom. The van der Waals surface area contributed by atoms with Crippen molar-refractivity contribution in [2.24, 2.45) is 5.10 Å². The number of hydrazone groups is 1. The molecule has 1 aromatic heterocycles. The Morgan fingerprint density at radius 2 is 2.14 bits per heavy atom. The first-order chi connectivity index (χ1) is 10.7. The van der Waals surface area contributed by atoms with E-state index in [0.29, 0.717) is 5.75 Å². The largest absolute Gasteiger partial charge is 0.481 e. The molecule has 1 N–H and O–H groups in total. The molecular formula is C17H19N3O2. The molecule has 2 rings (SSSR count). The minimum atomic E-state index is -0.626. The first-order valence-corrected chi connectivity index (χ1v) is 7.17. The number of benzene rings is 1. The summed E-state index contributed by atoms with van der Waals surface area (Å²) in [5.41, 5.74) is 4.49. The standard InChI is InChI=1S/C17H19N3O2/c1-3-14-6-8-16(9-7-14)22-13(2)17(21)20-19-12-15-5-4-10-18-11-15/h4-13H,3H2,1-2H3,(H,20,21). The van der Waals surface area contributed by atoms with Gasteiger partial charge in [-0.15, -0.1) is 0 Å². The summed E-state index contributed by atoms with van der Waals surface area (Å²) in [7, 11) is 0. The zero-order chi connectivity index (χ0) is 15.8. The zero-order valence-corrected chi connectivity index (χ0v) is 12.7. The zero-order valence-electron chi connectivity index (χ0n) is 12.7. The van der Waals surface area contributed by atoms with E-state index in [9.17, 15) is 4.79 Å². The highest BCUT2D eigenvalue weighted by Gasteiger charge is 2.13. The van der Waals surface area contributed by atoms with Gasteiger partial charge in [0.25, 0.3) is 5.91 Å². The number of rotatable bonds is 6. The van der Waals surface area contributed by atoms with Crippen LogP contribution in [-0.4, -0.2) is 23.2 Å². The Morgan fingerprint density at radius 3 is 2.77 bits per heavy atom. The van der Waals surface area contributed by atoms with Crippen LogP contribution in [0.4, 0.5) is 0 Å². The van der Waals surface area contributed by atoms with Gasteiger partial charge in [0, 0.05) is 18.0 Å². The van der Waals surface area contributed by atoms with Crippen LogP contribution < -0.4 is 10.2 Å². The van der Waals surface area contributed by atoms with E-state index in [2.05, 4.69) is 22.4 Å². The molecule has 1 amide bonds. The van der Waals surface area contributed by atoms with Crippen molar-refractivity contribution in [1.82, 2.24) is 10.4 Å². The van der Waals surface area contributed by atoms with Crippen molar-refractivity contribution >= 4 is 12.1 Å². The summed E-state index contributed by atoms with van der Waals surface area (Å²) in [6.07, 6.45) is 5.21. The number of hydrogen-bond donors (Lipinski definition) is 1. The second-order valence-electron chi connectivity index (χ2n) is 4.78. The highest BCUT2D eigenvalue weighted by atomic mass is 16.5. The van der Waals surface area contributed by atoms with Gasteiger partial charge in [-0.05, 0) is 37.1 Å². The minimum Gasteiger partial charge on any atom is -0.481 e. The van der Waals surface area contributed by atoms with Crippen molar-refractivity contribution in [3.8, 4) is 5.75 Å². The number of carbonyl (C=O) groups is 1. The molecule has 0 fully saturated rings. The molecule has 1 atom stereocenters. The van der Waals surface area contributed by atoms with Crippen LogP contribution in [0, 0.1) is 0 Å². The van der Waals surface area contributed by atoms with Crippen LogP contribution in [0.3, 0.4) is 0 Å². The lowest BCUT2D eigenvalue weighted by atomic mass is 10.2. The van der Waals surface area contributed by atoms with Gasteiger partial charge in [0.2, 0.25) is 0 Å². The quantitative estimate of drug-likeness (QED) is 0.658. The molecule has 0 aliphatic heterocycles. The van der Waals surface area contributed by atoms with E-state index < -0.39 is 6.10 Å². The molecule has 114 valence electrons. The summed E-state index contributed by atoms with van der Waals surface area (Å²) in [4.78, 5) is 15.9. The van der Waals surface area contributed by atoms with Crippen LogP contribution >= 0.6 is 0 Å². The molecule has 1 heterocycles. The molecule has 0 aliphatic carbocycles. The van der Waals surface area contributed by atoms with Gasteiger partial charge in [-0.3, -0.25) is 9.78 Å². The van der Waals surface area contributed by atoms with Crippen molar-refractivity contribution in [2.45, 2.75) is 26.4 Å². The summed E-state index contributed by atoms with van der Waals surface area (Å²) in [6.45, 7) is 3.77. The number of nitrogens with one attached hydrogen (secondary N) is 1. The number of aryl methyl sites for hydroxylation is 1. The van der Waals surface area contributed by atoms with E-state index in [1.54, 1.807) is 25.4 Å². The van der Waals surface area contributed by atoms with Crippen LogP contribution in [0.2, 0.25) is 0 Å². The molecule has 0 bridgehead atoms. The van der Waals surface area contributed by atoms with E-state index in [4.69, 9.17) is 4.74 Å². The van der Waals surface area contributed by atoms with E-state index in [1.807, 2.05) is 30.3 Å². The predicted molar refractivity (Wildman–Crippen MR) is 85.9 cm³/mol. The van der Waals surface area contributed by atoms with Crippen molar-refractivity contribution in [2.75, 3.05) is 0 Å². The van der Waals surface area contributed by atoms with E-state index in [-0.39, 0.29) is 5.91 Å². The molecule has 0 saturated carbocycles. The third-order valence-corrected chi connectivity index (χ3v) is 3.09. The van der Waals surface area contributed by atoms with Crippen LogP contribution in [0.15, 0.2) is 53.9 Å². The molecule has 22 heavy (non-hydrogen) atoms. The van der Waals surface area contributed by atoms with E-state index in [0.717, 1.165) is 12.0 Å². The molecule has 0 spiro atoms. The van der Waals surface area contributed by atoms with Gasteiger partial charge in [-0.25, -0.2) is 5.43 Å². The second-order valence-corrected chi connectivity index (χ2v) is 4.78. The molecule has 1 aromatic carbocycles. The Balaban J connectivity index is 1.85. The van der Waals surface area contributed by atoms with Gasteiger partial charge < -0.3 is 4.74 Å². The van der Waals surface area contributed by atoms with Crippen LogP contribution in [0.1, 0.15) is 25.0 Å². The average molecular weight is 297 g/mol. The summed E-state index contributed by atoms with van der Waals surface area (Å²) in [5.74, 6) is 0.357. The Bertz CT molecular complexity index is 624. The fourth-order valence-electron chi connectivity index (χ4n) is 1.78. The first kappa shape index (κ1) is 15.7. The van der Waals surface area contributed by atoms with Gasteiger partial charge in [0.15, 0.2) is 6.10 Å².